The molecule has 1 saturated heterocycles. The maximum absolute atomic E-state index is 4.92. The molecule has 1 unspecified atom stereocenters. The standard InChI is InChI=1S/C23H44N6S/c1-6-24-23(26-19(4)10-9-13-28(7-2)8-3)25-16-21-11-14-29(15-12-21)17-22-18-30-20(5)27-22/h18-19,21H,6-17H2,1-5H3,(H2,24,25,26). The largest absolute Gasteiger partial charge is 0.357 e. The molecule has 0 saturated carbocycles. The second kappa shape index (κ2) is 14.0. The quantitative estimate of drug-likeness (QED) is 0.386. The molecule has 0 amide bonds. The third-order valence-electron chi connectivity index (χ3n) is 6.00. The minimum Gasteiger partial charge on any atom is -0.357 e. The van der Waals surface area contributed by atoms with Crippen LogP contribution in [0.5, 0.6) is 0 Å². The maximum atomic E-state index is 4.92. The Morgan fingerprint density at radius 3 is 2.63 bits per heavy atom. The molecule has 6 nitrogen and oxygen atoms in total. The summed E-state index contributed by atoms with van der Waals surface area (Å²) in [6, 6.07) is 0.446. The third-order valence-corrected chi connectivity index (χ3v) is 6.82. The number of aryl methyl sites for hydroxylation is 1. The summed E-state index contributed by atoms with van der Waals surface area (Å²) in [4.78, 5) is 14.6. The van der Waals surface area contributed by atoms with E-state index in [1.807, 2.05) is 0 Å². The van der Waals surface area contributed by atoms with E-state index in [1.165, 1.54) is 42.9 Å². The van der Waals surface area contributed by atoms with Crippen LogP contribution in [0, 0.1) is 12.8 Å². The van der Waals surface area contributed by atoms with Crippen molar-refractivity contribution >= 4 is 17.3 Å². The summed E-state index contributed by atoms with van der Waals surface area (Å²) in [5.74, 6) is 1.67. The van der Waals surface area contributed by atoms with Gasteiger partial charge in [0.2, 0.25) is 0 Å². The van der Waals surface area contributed by atoms with Crippen LogP contribution in [0.25, 0.3) is 0 Å². The molecule has 1 atom stereocenters. The summed E-state index contributed by atoms with van der Waals surface area (Å²) in [5, 5.41) is 10.4. The van der Waals surface area contributed by atoms with E-state index in [9.17, 15) is 0 Å². The van der Waals surface area contributed by atoms with E-state index in [1.54, 1.807) is 11.3 Å². The van der Waals surface area contributed by atoms with Crippen LogP contribution < -0.4 is 10.6 Å². The summed E-state index contributed by atoms with van der Waals surface area (Å²) in [6.07, 6.45) is 4.86. The molecule has 7 heteroatoms. The SMILES string of the molecule is CCNC(=NCC1CCN(Cc2csc(C)n2)CC1)NC(C)CCCN(CC)CC. The predicted molar refractivity (Wildman–Crippen MR) is 130 cm³/mol. The Morgan fingerprint density at radius 1 is 1.30 bits per heavy atom. The van der Waals surface area contributed by atoms with Crippen molar-refractivity contribution in [3.8, 4) is 0 Å². The van der Waals surface area contributed by atoms with Crippen LogP contribution in [0.4, 0.5) is 0 Å². The summed E-state index contributed by atoms with van der Waals surface area (Å²) >= 11 is 1.75. The summed E-state index contributed by atoms with van der Waals surface area (Å²) in [5.41, 5.74) is 1.22. The molecular weight excluding hydrogens is 392 g/mol. The minimum absolute atomic E-state index is 0.446. The monoisotopic (exact) mass is 436 g/mol. The number of thiazole rings is 1. The zero-order chi connectivity index (χ0) is 21.8. The fraction of sp³-hybridized carbons (Fsp3) is 0.826. The Bertz CT molecular complexity index is 605. The molecule has 1 fully saturated rings. The first-order chi connectivity index (χ1) is 14.5. The topological polar surface area (TPSA) is 55.8 Å². The molecule has 1 aliphatic heterocycles. The lowest BCUT2D eigenvalue weighted by molar-refractivity contribution is 0.179. The average Bonchev–Trinajstić information content (AvgIpc) is 3.15. The Labute approximate surface area is 188 Å². The number of aromatic nitrogens is 1. The summed E-state index contributed by atoms with van der Waals surface area (Å²) in [7, 11) is 0. The molecule has 0 bridgehead atoms. The fourth-order valence-corrected chi connectivity index (χ4v) is 4.65. The molecule has 2 N–H and O–H groups in total. The van der Waals surface area contributed by atoms with Gasteiger partial charge >= 0.3 is 0 Å². The lowest BCUT2D eigenvalue weighted by Crippen LogP contribution is -2.43. The highest BCUT2D eigenvalue weighted by atomic mass is 32.1. The molecule has 1 aromatic heterocycles. The Hall–Kier alpha value is -1.18. The molecule has 1 aliphatic rings. The predicted octanol–water partition coefficient (Wildman–Crippen LogP) is 3.73. The summed E-state index contributed by atoms with van der Waals surface area (Å²) in [6.45, 7) is 19.6. The molecular formula is C23H44N6S. The van der Waals surface area contributed by atoms with Crippen molar-refractivity contribution in [1.82, 2.24) is 25.4 Å². The highest BCUT2D eigenvalue weighted by molar-refractivity contribution is 7.09. The molecule has 0 aliphatic carbocycles. The molecule has 2 rings (SSSR count). The van der Waals surface area contributed by atoms with Gasteiger partial charge in [0.25, 0.3) is 0 Å². The number of guanidine groups is 1. The van der Waals surface area contributed by atoms with Crippen LogP contribution in [0.15, 0.2) is 10.4 Å². The number of piperidine rings is 1. The molecule has 2 heterocycles. The van der Waals surface area contributed by atoms with Gasteiger partial charge in [-0.05, 0) is 85.1 Å². The van der Waals surface area contributed by atoms with E-state index in [4.69, 9.17) is 4.99 Å². The molecule has 1 aromatic rings. The van der Waals surface area contributed by atoms with Gasteiger partial charge in [0.15, 0.2) is 5.96 Å². The van der Waals surface area contributed by atoms with Crippen molar-refractivity contribution in [1.29, 1.82) is 0 Å². The van der Waals surface area contributed by atoms with Gasteiger partial charge < -0.3 is 15.5 Å². The number of nitrogens with zero attached hydrogens (tertiary/aromatic N) is 4. The molecule has 0 aromatic carbocycles. The van der Waals surface area contributed by atoms with Gasteiger partial charge in [-0.3, -0.25) is 9.89 Å². The van der Waals surface area contributed by atoms with E-state index < -0.39 is 0 Å². The lowest BCUT2D eigenvalue weighted by Gasteiger charge is -2.31. The highest BCUT2D eigenvalue weighted by Crippen LogP contribution is 2.20. The fourth-order valence-electron chi connectivity index (χ4n) is 4.04. The van der Waals surface area contributed by atoms with E-state index in [0.717, 1.165) is 51.8 Å². The number of nitrogens with one attached hydrogen (secondary N) is 2. The van der Waals surface area contributed by atoms with E-state index in [2.05, 4.69) is 65.4 Å². The Balaban J connectivity index is 1.71. The van der Waals surface area contributed by atoms with Gasteiger partial charge in [0.05, 0.1) is 10.7 Å². The van der Waals surface area contributed by atoms with Gasteiger partial charge in [0.1, 0.15) is 0 Å². The van der Waals surface area contributed by atoms with Crippen LogP contribution in [-0.2, 0) is 6.54 Å². The average molecular weight is 437 g/mol. The molecule has 172 valence electrons. The van der Waals surface area contributed by atoms with Crippen molar-refractivity contribution in [2.75, 3.05) is 45.8 Å². The number of hydrogen-bond donors (Lipinski definition) is 2. The number of aliphatic imine (C=N–C) groups is 1. The smallest absolute Gasteiger partial charge is 0.191 e. The number of rotatable bonds is 12. The third kappa shape index (κ3) is 9.31. The molecule has 30 heavy (non-hydrogen) atoms. The lowest BCUT2D eigenvalue weighted by atomic mass is 9.97. The molecule has 0 radical (unpaired) electrons. The zero-order valence-corrected chi connectivity index (χ0v) is 20.7. The van der Waals surface area contributed by atoms with E-state index in [-0.39, 0.29) is 0 Å². The zero-order valence-electron chi connectivity index (χ0n) is 19.9. The van der Waals surface area contributed by atoms with Crippen LogP contribution in [0.1, 0.15) is 64.1 Å². The first-order valence-electron chi connectivity index (χ1n) is 11.9. The van der Waals surface area contributed by atoms with Crippen molar-refractivity contribution in [3.63, 3.8) is 0 Å². The van der Waals surface area contributed by atoms with Crippen molar-refractivity contribution in [2.45, 2.75) is 72.9 Å². The second-order valence-corrected chi connectivity index (χ2v) is 9.57. The Morgan fingerprint density at radius 2 is 2.03 bits per heavy atom. The van der Waals surface area contributed by atoms with Crippen molar-refractivity contribution in [3.05, 3.63) is 16.1 Å². The van der Waals surface area contributed by atoms with E-state index >= 15 is 0 Å². The highest BCUT2D eigenvalue weighted by Gasteiger charge is 2.20. The normalized spacial score (nSPS) is 17.5. The van der Waals surface area contributed by atoms with Crippen molar-refractivity contribution < 1.29 is 0 Å². The first kappa shape index (κ1) is 25.1. The second-order valence-electron chi connectivity index (χ2n) is 8.51. The van der Waals surface area contributed by atoms with Crippen LogP contribution in [-0.4, -0.2) is 72.6 Å². The van der Waals surface area contributed by atoms with Gasteiger partial charge in [-0.1, -0.05) is 13.8 Å². The minimum atomic E-state index is 0.446. The van der Waals surface area contributed by atoms with Crippen LogP contribution in [0.3, 0.4) is 0 Å². The van der Waals surface area contributed by atoms with Crippen LogP contribution >= 0.6 is 11.3 Å². The number of likely N-dealkylation sites (tertiary alicyclic amines) is 1. The maximum Gasteiger partial charge on any atom is 0.191 e. The van der Waals surface area contributed by atoms with Gasteiger partial charge in [-0.15, -0.1) is 11.3 Å². The van der Waals surface area contributed by atoms with E-state index in [0.29, 0.717) is 12.0 Å². The first-order valence-corrected chi connectivity index (χ1v) is 12.8. The van der Waals surface area contributed by atoms with Gasteiger partial charge in [-0.2, -0.15) is 0 Å². The number of hydrogen-bond acceptors (Lipinski definition) is 5. The Kier molecular flexibility index (Phi) is 11.7. The summed E-state index contributed by atoms with van der Waals surface area (Å²) < 4.78 is 0. The van der Waals surface area contributed by atoms with Gasteiger partial charge in [0, 0.05) is 31.1 Å². The van der Waals surface area contributed by atoms with Crippen molar-refractivity contribution in [2.24, 2.45) is 10.9 Å². The van der Waals surface area contributed by atoms with Gasteiger partial charge in [-0.25, -0.2) is 4.98 Å². The van der Waals surface area contributed by atoms with Crippen LogP contribution in [0.2, 0.25) is 0 Å². The molecule has 0 spiro atoms.